The molecule has 0 fully saturated rings. The van der Waals surface area contributed by atoms with Crippen molar-refractivity contribution in [1.29, 1.82) is 0 Å². The average molecular weight is 264 g/mol. The monoisotopic (exact) mass is 264 g/mol. The van der Waals surface area contributed by atoms with Crippen LogP contribution in [0.1, 0.15) is 32.4 Å². The smallest absolute Gasteiger partial charge is 0.119 e. The number of hydrogen-bond donors (Lipinski definition) is 1. The van der Waals surface area contributed by atoms with Crippen molar-refractivity contribution < 1.29 is 4.74 Å². The lowest BCUT2D eigenvalue weighted by molar-refractivity contribution is 0.175. The number of rotatable bonds is 7. The summed E-state index contributed by atoms with van der Waals surface area (Å²) in [5.74, 6) is 1.94. The molecule has 0 aromatic heterocycles. The van der Waals surface area contributed by atoms with Crippen LogP contribution < -0.4 is 10.5 Å². The summed E-state index contributed by atoms with van der Waals surface area (Å²) >= 11 is 0. The Morgan fingerprint density at radius 3 is 2.11 bits per heavy atom. The summed E-state index contributed by atoms with van der Waals surface area (Å²) in [7, 11) is 4.23. The molecular weight excluding hydrogens is 236 g/mol. The first-order valence-electron chi connectivity index (χ1n) is 7.10. The van der Waals surface area contributed by atoms with Crippen molar-refractivity contribution in [3.8, 4) is 5.75 Å². The van der Waals surface area contributed by atoms with Crippen molar-refractivity contribution >= 4 is 0 Å². The highest BCUT2D eigenvalue weighted by atomic mass is 16.5. The predicted molar refractivity (Wildman–Crippen MR) is 81.4 cm³/mol. The first-order valence-corrected chi connectivity index (χ1v) is 7.10. The standard InChI is InChI=1S/C16H28N2O/c1-6-19-14-9-7-13(8-10-14)16(18(4)5)15(11-17)12(2)3/h7-10,12,15-16H,6,11,17H2,1-5H3. The van der Waals surface area contributed by atoms with Gasteiger partial charge in [0.1, 0.15) is 5.75 Å². The third-order valence-corrected chi connectivity index (χ3v) is 3.62. The molecule has 1 rings (SSSR count). The van der Waals surface area contributed by atoms with E-state index in [-0.39, 0.29) is 0 Å². The van der Waals surface area contributed by atoms with Crippen molar-refractivity contribution in [2.45, 2.75) is 26.8 Å². The zero-order valence-electron chi connectivity index (χ0n) is 12.9. The van der Waals surface area contributed by atoms with E-state index in [2.05, 4.69) is 45.0 Å². The van der Waals surface area contributed by atoms with Gasteiger partial charge in [-0.25, -0.2) is 0 Å². The Morgan fingerprint density at radius 1 is 1.16 bits per heavy atom. The van der Waals surface area contributed by atoms with Gasteiger partial charge in [-0.1, -0.05) is 26.0 Å². The first kappa shape index (κ1) is 16.0. The van der Waals surface area contributed by atoms with Crippen molar-refractivity contribution in [1.82, 2.24) is 4.90 Å². The van der Waals surface area contributed by atoms with Crippen LogP contribution >= 0.6 is 0 Å². The molecule has 1 aromatic carbocycles. The maximum atomic E-state index is 5.98. The van der Waals surface area contributed by atoms with Crippen LogP contribution in [0.4, 0.5) is 0 Å². The van der Waals surface area contributed by atoms with Crippen molar-refractivity contribution in [3.05, 3.63) is 29.8 Å². The molecule has 0 aliphatic rings. The molecule has 0 amide bonds. The van der Waals surface area contributed by atoms with Crippen LogP contribution in [0.15, 0.2) is 24.3 Å². The largest absolute Gasteiger partial charge is 0.494 e. The van der Waals surface area contributed by atoms with E-state index in [1.165, 1.54) is 5.56 Å². The molecule has 1 aromatic rings. The lowest BCUT2D eigenvalue weighted by Crippen LogP contribution is -2.35. The minimum absolute atomic E-state index is 0.348. The number of hydrogen-bond acceptors (Lipinski definition) is 3. The fraction of sp³-hybridized carbons (Fsp3) is 0.625. The molecule has 3 nitrogen and oxygen atoms in total. The Morgan fingerprint density at radius 2 is 1.74 bits per heavy atom. The molecule has 2 atom stereocenters. The molecule has 0 heterocycles. The van der Waals surface area contributed by atoms with E-state index in [1.54, 1.807) is 0 Å². The number of ether oxygens (including phenoxy) is 1. The fourth-order valence-corrected chi connectivity index (χ4v) is 2.62. The van der Waals surface area contributed by atoms with Gasteiger partial charge in [-0.3, -0.25) is 0 Å². The van der Waals surface area contributed by atoms with Gasteiger partial charge in [-0.15, -0.1) is 0 Å². The van der Waals surface area contributed by atoms with Gasteiger partial charge >= 0.3 is 0 Å². The Hall–Kier alpha value is -1.06. The zero-order valence-corrected chi connectivity index (χ0v) is 12.9. The lowest BCUT2D eigenvalue weighted by atomic mass is 9.84. The Bertz CT molecular complexity index is 360. The summed E-state index contributed by atoms with van der Waals surface area (Å²) in [6.45, 7) is 7.88. The van der Waals surface area contributed by atoms with Crippen LogP contribution in [-0.2, 0) is 0 Å². The third kappa shape index (κ3) is 4.22. The Labute approximate surface area is 117 Å². The van der Waals surface area contributed by atoms with Crippen LogP contribution in [0.3, 0.4) is 0 Å². The van der Waals surface area contributed by atoms with Crippen molar-refractivity contribution in [2.75, 3.05) is 27.2 Å². The molecule has 0 bridgehead atoms. The average Bonchev–Trinajstić information content (AvgIpc) is 2.36. The normalized spacial score (nSPS) is 14.7. The number of nitrogens with two attached hydrogens (primary N) is 1. The van der Waals surface area contributed by atoms with Gasteiger partial charge in [-0.2, -0.15) is 0 Å². The number of benzene rings is 1. The van der Waals surface area contributed by atoms with E-state index in [1.807, 2.05) is 19.1 Å². The molecule has 3 heteroatoms. The summed E-state index contributed by atoms with van der Waals surface area (Å²) in [5.41, 5.74) is 7.28. The second-order valence-electron chi connectivity index (χ2n) is 5.55. The second kappa shape index (κ2) is 7.51. The Kier molecular flexibility index (Phi) is 6.32. The van der Waals surface area contributed by atoms with E-state index in [4.69, 9.17) is 10.5 Å². The SMILES string of the molecule is CCOc1ccc(C(C(CN)C(C)C)N(C)C)cc1. The van der Waals surface area contributed by atoms with Gasteiger partial charge in [0, 0.05) is 6.04 Å². The summed E-state index contributed by atoms with van der Waals surface area (Å²) in [5, 5.41) is 0. The quantitative estimate of drug-likeness (QED) is 0.823. The van der Waals surface area contributed by atoms with Crippen LogP contribution in [0.2, 0.25) is 0 Å². The van der Waals surface area contributed by atoms with Gasteiger partial charge in [0.2, 0.25) is 0 Å². The number of nitrogens with zero attached hydrogens (tertiary/aromatic N) is 1. The molecular formula is C16H28N2O. The van der Waals surface area contributed by atoms with E-state index in [0.717, 1.165) is 5.75 Å². The maximum Gasteiger partial charge on any atom is 0.119 e. The molecule has 2 N–H and O–H groups in total. The molecule has 0 aliphatic carbocycles. The van der Waals surface area contributed by atoms with Crippen LogP contribution in [0, 0.1) is 11.8 Å². The molecule has 0 saturated carbocycles. The van der Waals surface area contributed by atoms with E-state index in [0.29, 0.717) is 31.0 Å². The lowest BCUT2D eigenvalue weighted by Gasteiger charge is -2.34. The Balaban J connectivity index is 2.98. The van der Waals surface area contributed by atoms with Gasteiger partial charge in [0.25, 0.3) is 0 Å². The molecule has 19 heavy (non-hydrogen) atoms. The highest BCUT2D eigenvalue weighted by Crippen LogP contribution is 2.32. The summed E-state index contributed by atoms with van der Waals surface area (Å²) in [6, 6.07) is 8.74. The van der Waals surface area contributed by atoms with Crippen LogP contribution in [0.5, 0.6) is 5.75 Å². The second-order valence-corrected chi connectivity index (χ2v) is 5.55. The minimum Gasteiger partial charge on any atom is -0.494 e. The molecule has 0 radical (unpaired) electrons. The van der Waals surface area contributed by atoms with Gasteiger partial charge in [0.15, 0.2) is 0 Å². The minimum atomic E-state index is 0.348. The van der Waals surface area contributed by atoms with Gasteiger partial charge < -0.3 is 15.4 Å². The summed E-state index contributed by atoms with van der Waals surface area (Å²) < 4.78 is 5.50. The summed E-state index contributed by atoms with van der Waals surface area (Å²) in [4.78, 5) is 2.26. The van der Waals surface area contributed by atoms with E-state index < -0.39 is 0 Å². The molecule has 0 saturated heterocycles. The van der Waals surface area contributed by atoms with Crippen LogP contribution in [-0.4, -0.2) is 32.1 Å². The highest BCUT2D eigenvalue weighted by molar-refractivity contribution is 5.29. The van der Waals surface area contributed by atoms with Crippen molar-refractivity contribution in [3.63, 3.8) is 0 Å². The molecule has 108 valence electrons. The third-order valence-electron chi connectivity index (χ3n) is 3.62. The molecule has 0 aliphatic heterocycles. The van der Waals surface area contributed by atoms with Gasteiger partial charge in [-0.05, 0) is 57.1 Å². The van der Waals surface area contributed by atoms with Crippen LogP contribution in [0.25, 0.3) is 0 Å². The highest BCUT2D eigenvalue weighted by Gasteiger charge is 2.26. The predicted octanol–water partition coefficient (Wildman–Crippen LogP) is 2.92. The van der Waals surface area contributed by atoms with E-state index in [9.17, 15) is 0 Å². The maximum absolute atomic E-state index is 5.98. The van der Waals surface area contributed by atoms with E-state index >= 15 is 0 Å². The molecule has 0 spiro atoms. The molecule has 2 unspecified atom stereocenters. The summed E-state index contributed by atoms with van der Waals surface area (Å²) in [6.07, 6.45) is 0. The van der Waals surface area contributed by atoms with Crippen molar-refractivity contribution in [2.24, 2.45) is 17.6 Å². The zero-order chi connectivity index (χ0) is 14.4. The topological polar surface area (TPSA) is 38.5 Å². The first-order chi connectivity index (χ1) is 9.01. The van der Waals surface area contributed by atoms with Gasteiger partial charge in [0.05, 0.1) is 6.61 Å². The fourth-order valence-electron chi connectivity index (χ4n) is 2.62.